The molecule has 33 heavy (non-hydrogen) atoms. The number of carbonyl (C=O) groups is 1. The topological polar surface area (TPSA) is 51.2 Å². The maximum absolute atomic E-state index is 14.7. The number of nitrogens with one attached hydrogen (secondary N) is 1. The second-order valence-electron chi connectivity index (χ2n) is 10.3. The number of halogens is 1. The van der Waals surface area contributed by atoms with E-state index in [1.165, 1.54) is 38.6 Å². The molecule has 1 N–H and O–H groups in total. The molecule has 1 aromatic carbocycles. The van der Waals surface area contributed by atoms with E-state index >= 15 is 0 Å². The largest absolute Gasteiger partial charge is 0.350 e. The molecule has 3 aliphatic heterocycles. The molecule has 6 nitrogen and oxygen atoms in total. The van der Waals surface area contributed by atoms with Gasteiger partial charge in [0.25, 0.3) is 5.91 Å². The predicted octanol–water partition coefficient (Wildman–Crippen LogP) is 3.27. The van der Waals surface area contributed by atoms with E-state index in [0.717, 1.165) is 41.8 Å². The van der Waals surface area contributed by atoms with Crippen molar-refractivity contribution in [2.75, 3.05) is 46.8 Å². The Bertz CT molecular complexity index is 1010. The van der Waals surface area contributed by atoms with Crippen LogP contribution >= 0.6 is 0 Å². The SMILES string of the molecule is CN1CC2(CCC(N3CCN=CN/C=C(F)\C=C(\c4ccc5c(c4)CN(C)C5=O)CC3)C2)C1. The van der Waals surface area contributed by atoms with Crippen molar-refractivity contribution in [1.29, 1.82) is 0 Å². The van der Waals surface area contributed by atoms with E-state index in [1.54, 1.807) is 17.3 Å². The van der Waals surface area contributed by atoms with Crippen LogP contribution in [0, 0.1) is 5.41 Å². The normalized spacial score (nSPS) is 29.4. The molecular weight excluding hydrogens is 417 g/mol. The number of fused-ring (bicyclic) bond motifs is 1. The second kappa shape index (κ2) is 9.03. The molecule has 1 saturated heterocycles. The first-order valence-electron chi connectivity index (χ1n) is 12.0. The lowest BCUT2D eigenvalue weighted by Crippen LogP contribution is -2.53. The number of amides is 1. The van der Waals surface area contributed by atoms with Gasteiger partial charge in [-0.25, -0.2) is 4.39 Å². The van der Waals surface area contributed by atoms with Crippen LogP contribution in [0.3, 0.4) is 0 Å². The van der Waals surface area contributed by atoms with Gasteiger partial charge in [-0.15, -0.1) is 0 Å². The summed E-state index contributed by atoms with van der Waals surface area (Å²) in [6, 6.07) is 6.49. The van der Waals surface area contributed by atoms with Crippen LogP contribution in [0.5, 0.6) is 0 Å². The number of likely N-dealkylation sites (tertiary alicyclic amines) is 1. The van der Waals surface area contributed by atoms with Crippen molar-refractivity contribution in [1.82, 2.24) is 20.0 Å². The summed E-state index contributed by atoms with van der Waals surface area (Å²) in [5.41, 5.74) is 4.24. The summed E-state index contributed by atoms with van der Waals surface area (Å²) < 4.78 is 14.7. The molecule has 7 heteroatoms. The lowest BCUT2D eigenvalue weighted by molar-refractivity contribution is 0.0211. The number of rotatable bonds is 2. The van der Waals surface area contributed by atoms with E-state index < -0.39 is 0 Å². The number of carbonyl (C=O) groups excluding carboxylic acids is 1. The van der Waals surface area contributed by atoms with Crippen LogP contribution in [0.15, 0.2) is 41.3 Å². The average molecular weight is 452 g/mol. The van der Waals surface area contributed by atoms with E-state index in [2.05, 4.69) is 33.2 Å². The zero-order valence-corrected chi connectivity index (χ0v) is 19.7. The Morgan fingerprint density at radius 3 is 2.88 bits per heavy atom. The molecule has 5 rings (SSSR count). The van der Waals surface area contributed by atoms with Crippen LogP contribution in [-0.2, 0) is 6.54 Å². The van der Waals surface area contributed by atoms with Crippen molar-refractivity contribution in [2.24, 2.45) is 10.4 Å². The maximum Gasteiger partial charge on any atom is 0.254 e. The van der Waals surface area contributed by atoms with Gasteiger partial charge < -0.3 is 15.1 Å². The van der Waals surface area contributed by atoms with E-state index in [0.29, 0.717) is 24.5 Å². The quantitative estimate of drug-likeness (QED) is 0.750. The molecule has 4 aliphatic rings. The molecule has 176 valence electrons. The van der Waals surface area contributed by atoms with Gasteiger partial charge in [0.1, 0.15) is 5.83 Å². The minimum absolute atomic E-state index is 0.0572. The fraction of sp³-hybridized carbons (Fsp3) is 0.538. The van der Waals surface area contributed by atoms with Crippen LogP contribution < -0.4 is 5.32 Å². The van der Waals surface area contributed by atoms with Gasteiger partial charge in [-0.3, -0.25) is 14.7 Å². The Balaban J connectivity index is 1.38. The summed E-state index contributed by atoms with van der Waals surface area (Å²) in [5, 5.41) is 2.85. The number of hydrogen-bond acceptors (Lipinski definition) is 5. The predicted molar refractivity (Wildman–Crippen MR) is 130 cm³/mol. The molecule has 3 heterocycles. The summed E-state index contributed by atoms with van der Waals surface area (Å²) in [5.74, 6) is -0.267. The number of nitrogens with zero attached hydrogens (tertiary/aromatic N) is 4. The zero-order valence-electron chi connectivity index (χ0n) is 19.7. The highest BCUT2D eigenvalue weighted by atomic mass is 19.1. The molecular formula is C26H34FN5O. The van der Waals surface area contributed by atoms with Crippen LogP contribution in [0.25, 0.3) is 5.57 Å². The lowest BCUT2D eigenvalue weighted by Gasteiger charge is -2.47. The van der Waals surface area contributed by atoms with Gasteiger partial charge >= 0.3 is 0 Å². The van der Waals surface area contributed by atoms with E-state index in [9.17, 15) is 9.18 Å². The number of allylic oxidation sites excluding steroid dienone is 2. The first-order valence-corrected chi connectivity index (χ1v) is 12.0. The third-order valence-corrected chi connectivity index (χ3v) is 7.75. The first-order chi connectivity index (χ1) is 15.9. The molecule has 1 saturated carbocycles. The van der Waals surface area contributed by atoms with E-state index in [4.69, 9.17) is 0 Å². The van der Waals surface area contributed by atoms with E-state index in [1.807, 2.05) is 19.2 Å². The summed E-state index contributed by atoms with van der Waals surface area (Å²) >= 11 is 0. The highest BCUT2D eigenvalue weighted by molar-refractivity contribution is 5.98. The van der Waals surface area contributed by atoms with Gasteiger partial charge in [0.05, 0.1) is 12.9 Å². The monoisotopic (exact) mass is 451 g/mol. The summed E-state index contributed by atoms with van der Waals surface area (Å²) in [6.45, 7) is 5.53. The van der Waals surface area contributed by atoms with Gasteiger partial charge in [-0.05, 0) is 73.1 Å². The highest BCUT2D eigenvalue weighted by Crippen LogP contribution is 2.46. The zero-order chi connectivity index (χ0) is 23.0. The van der Waals surface area contributed by atoms with Crippen LogP contribution in [-0.4, -0.2) is 79.8 Å². The summed E-state index contributed by atoms with van der Waals surface area (Å²) in [7, 11) is 4.02. The number of benzene rings is 1. The van der Waals surface area contributed by atoms with Crippen LogP contribution in [0.1, 0.15) is 47.2 Å². The Morgan fingerprint density at radius 2 is 2.06 bits per heavy atom. The summed E-state index contributed by atoms with van der Waals surface area (Å²) in [6.07, 6.45) is 9.10. The lowest BCUT2D eigenvalue weighted by atomic mass is 9.78. The molecule has 0 aromatic heterocycles. The van der Waals surface area contributed by atoms with Crippen molar-refractivity contribution in [3.8, 4) is 0 Å². The third kappa shape index (κ3) is 4.62. The van der Waals surface area contributed by atoms with Crippen LogP contribution in [0.2, 0.25) is 0 Å². The first kappa shape index (κ1) is 22.3. The van der Waals surface area contributed by atoms with Gasteiger partial charge in [0.15, 0.2) is 0 Å². The molecule has 1 unspecified atom stereocenters. The smallest absolute Gasteiger partial charge is 0.254 e. The minimum Gasteiger partial charge on any atom is -0.350 e. The maximum atomic E-state index is 14.7. The average Bonchev–Trinajstić information content (AvgIpc) is 3.31. The van der Waals surface area contributed by atoms with Gasteiger partial charge in [-0.2, -0.15) is 0 Å². The molecule has 1 aromatic rings. The van der Waals surface area contributed by atoms with Crippen molar-refractivity contribution >= 4 is 17.8 Å². The molecule has 1 aliphatic carbocycles. The van der Waals surface area contributed by atoms with Gasteiger partial charge in [-0.1, -0.05) is 6.07 Å². The third-order valence-electron chi connectivity index (χ3n) is 7.75. The Kier molecular flexibility index (Phi) is 6.10. The number of aliphatic imine (C=N–C) groups is 1. The Morgan fingerprint density at radius 1 is 1.21 bits per heavy atom. The molecule has 1 spiro atoms. The van der Waals surface area contributed by atoms with Crippen molar-refractivity contribution in [3.05, 3.63) is 53.0 Å². The Hall–Kier alpha value is -2.51. The van der Waals surface area contributed by atoms with E-state index in [-0.39, 0.29) is 11.7 Å². The molecule has 0 bridgehead atoms. The molecule has 1 amide bonds. The highest BCUT2D eigenvalue weighted by Gasteiger charge is 2.47. The van der Waals surface area contributed by atoms with Gasteiger partial charge in [0, 0.05) is 57.6 Å². The fourth-order valence-electron chi connectivity index (χ4n) is 6.21. The fourth-order valence-corrected chi connectivity index (χ4v) is 6.21. The molecule has 2 fully saturated rings. The molecule has 1 atom stereocenters. The summed E-state index contributed by atoms with van der Waals surface area (Å²) in [4.78, 5) is 23.4. The van der Waals surface area contributed by atoms with Gasteiger partial charge in [0.2, 0.25) is 0 Å². The van der Waals surface area contributed by atoms with Crippen molar-refractivity contribution < 1.29 is 9.18 Å². The van der Waals surface area contributed by atoms with Crippen molar-refractivity contribution in [3.63, 3.8) is 0 Å². The van der Waals surface area contributed by atoms with Crippen LogP contribution in [0.4, 0.5) is 4.39 Å². The minimum atomic E-state index is -0.324. The number of hydrogen-bond donors (Lipinski definition) is 1. The van der Waals surface area contributed by atoms with Crippen molar-refractivity contribution in [2.45, 2.75) is 38.3 Å². The standard InChI is InChI=1S/C26H34FN5O/c1-30-16-26(17-30)7-5-23(13-26)32-9-6-20(12-22(27)14-29-18-28-8-10-32)19-3-4-24-21(11-19)15-31(2)25(24)33/h3-4,11-12,14,18,23H,5-10,13,15-17H2,1-2H3,(H,28,29)/b20-12+,22-14+. The second-order valence-corrected chi connectivity index (χ2v) is 10.3. The molecule has 0 radical (unpaired) electrons. The Labute approximate surface area is 195 Å².